The van der Waals surface area contributed by atoms with E-state index in [1.807, 2.05) is 13.8 Å². The van der Waals surface area contributed by atoms with Crippen LogP contribution in [0.15, 0.2) is 35.2 Å². The highest BCUT2D eigenvalue weighted by Gasteiger charge is 2.22. The van der Waals surface area contributed by atoms with Crippen LogP contribution in [0.3, 0.4) is 0 Å². The molecule has 2 aromatic rings. The normalized spacial score (nSPS) is 12.8. The SMILES string of the molecule is CCCN(OCC)C(=O)C1=Cc2cnc(-c3cnc(CNC(=O)CCOC)nc3)cc2N=C(N)C1. The second-order valence-corrected chi connectivity index (χ2v) is 7.81. The summed E-state index contributed by atoms with van der Waals surface area (Å²) in [5, 5.41) is 4.11. The lowest BCUT2D eigenvalue weighted by Crippen LogP contribution is -2.34. The Balaban J connectivity index is 1.77. The second-order valence-electron chi connectivity index (χ2n) is 7.81. The Bertz CT molecular complexity index is 1090. The minimum atomic E-state index is -0.234. The van der Waals surface area contributed by atoms with Gasteiger partial charge in [0.2, 0.25) is 5.91 Å². The number of carbonyl (C=O) groups excluding carboxylic acids is 2. The highest BCUT2D eigenvalue weighted by atomic mass is 16.7. The van der Waals surface area contributed by atoms with E-state index in [0.717, 1.165) is 6.42 Å². The first kappa shape index (κ1) is 25.9. The zero-order valence-electron chi connectivity index (χ0n) is 20.3. The minimum absolute atomic E-state index is 0.132. The first-order chi connectivity index (χ1) is 16.9. The van der Waals surface area contributed by atoms with E-state index in [-0.39, 0.29) is 31.2 Å². The molecule has 1 aliphatic rings. The van der Waals surface area contributed by atoms with Crippen LogP contribution in [0.4, 0.5) is 5.69 Å². The van der Waals surface area contributed by atoms with Crippen LogP contribution in [0, 0.1) is 0 Å². The summed E-state index contributed by atoms with van der Waals surface area (Å²) in [6, 6.07) is 1.78. The first-order valence-corrected chi connectivity index (χ1v) is 11.5. The predicted molar refractivity (Wildman–Crippen MR) is 131 cm³/mol. The Kier molecular flexibility index (Phi) is 9.39. The fourth-order valence-electron chi connectivity index (χ4n) is 3.37. The second kappa shape index (κ2) is 12.7. The molecule has 2 amide bonds. The number of aromatic nitrogens is 3. The maximum atomic E-state index is 13.0. The third-order valence-corrected chi connectivity index (χ3v) is 5.07. The molecule has 0 aromatic carbocycles. The lowest BCUT2D eigenvalue weighted by Gasteiger charge is -2.21. The van der Waals surface area contributed by atoms with Crippen LogP contribution in [0.5, 0.6) is 0 Å². The van der Waals surface area contributed by atoms with Crippen molar-refractivity contribution in [2.24, 2.45) is 10.7 Å². The van der Waals surface area contributed by atoms with Crippen molar-refractivity contribution in [1.29, 1.82) is 0 Å². The van der Waals surface area contributed by atoms with E-state index in [0.29, 0.717) is 59.5 Å². The highest BCUT2D eigenvalue weighted by Crippen LogP contribution is 2.30. The molecule has 0 aliphatic carbocycles. The van der Waals surface area contributed by atoms with Gasteiger partial charge in [0.1, 0.15) is 11.7 Å². The lowest BCUT2D eigenvalue weighted by molar-refractivity contribution is -0.180. The topological polar surface area (TPSA) is 145 Å². The van der Waals surface area contributed by atoms with E-state index >= 15 is 0 Å². The number of rotatable bonds is 11. The molecule has 3 rings (SSSR count). The first-order valence-electron chi connectivity index (χ1n) is 11.5. The summed E-state index contributed by atoms with van der Waals surface area (Å²) in [6.07, 6.45) is 7.94. The number of nitrogens with two attached hydrogens (primary N) is 1. The molecule has 0 atom stereocenters. The summed E-state index contributed by atoms with van der Waals surface area (Å²) in [5.74, 6) is 0.437. The minimum Gasteiger partial charge on any atom is -0.387 e. The zero-order valence-corrected chi connectivity index (χ0v) is 20.3. The molecule has 3 heterocycles. The van der Waals surface area contributed by atoms with Gasteiger partial charge in [-0.3, -0.25) is 19.4 Å². The molecule has 11 nitrogen and oxygen atoms in total. The quantitative estimate of drug-likeness (QED) is 0.465. The Morgan fingerprint density at radius 3 is 2.63 bits per heavy atom. The van der Waals surface area contributed by atoms with Crippen molar-refractivity contribution in [3.8, 4) is 11.3 Å². The van der Waals surface area contributed by atoms with Crippen molar-refractivity contribution in [2.45, 2.75) is 39.7 Å². The molecule has 186 valence electrons. The van der Waals surface area contributed by atoms with Crippen LogP contribution in [0.25, 0.3) is 17.3 Å². The standard InChI is InChI=1S/C24H31N7O4/c1-4-7-31(35-5-2)24(33)16-9-17-12-26-19(11-20(17)30-21(25)10-16)18-13-27-22(28-14-18)15-29-23(32)6-8-34-3/h9,11-14H,4-8,10,15H2,1-3H3,(H2,25,30)(H,29,32). The Labute approximate surface area is 204 Å². The maximum absolute atomic E-state index is 13.0. The Morgan fingerprint density at radius 2 is 1.94 bits per heavy atom. The van der Waals surface area contributed by atoms with E-state index in [1.54, 1.807) is 37.8 Å². The van der Waals surface area contributed by atoms with Crippen molar-refractivity contribution in [3.63, 3.8) is 0 Å². The van der Waals surface area contributed by atoms with Gasteiger partial charge in [0.05, 0.1) is 31.1 Å². The van der Waals surface area contributed by atoms with E-state index in [9.17, 15) is 9.59 Å². The number of fused-ring (bicyclic) bond motifs is 1. The van der Waals surface area contributed by atoms with Gasteiger partial charge in [-0.05, 0) is 25.5 Å². The zero-order chi connectivity index (χ0) is 25.2. The molecule has 0 unspecified atom stereocenters. The molecular weight excluding hydrogens is 450 g/mol. The van der Waals surface area contributed by atoms with Crippen LogP contribution in [0.1, 0.15) is 44.5 Å². The number of hydrogen-bond acceptors (Lipinski definition) is 9. The van der Waals surface area contributed by atoms with Gasteiger partial charge in [-0.1, -0.05) is 6.92 Å². The number of pyridine rings is 1. The number of aliphatic imine (C=N–C) groups is 1. The van der Waals surface area contributed by atoms with Gasteiger partial charge in [0, 0.05) is 61.8 Å². The molecule has 0 saturated carbocycles. The largest absolute Gasteiger partial charge is 0.387 e. The van der Waals surface area contributed by atoms with E-state index in [1.165, 1.54) is 5.06 Å². The van der Waals surface area contributed by atoms with Crippen LogP contribution in [-0.2, 0) is 25.7 Å². The average Bonchev–Trinajstić information content (AvgIpc) is 3.03. The van der Waals surface area contributed by atoms with Crippen molar-refractivity contribution in [1.82, 2.24) is 25.3 Å². The molecule has 3 N–H and O–H groups in total. The third kappa shape index (κ3) is 7.14. The molecule has 2 aromatic heterocycles. The van der Waals surface area contributed by atoms with Gasteiger partial charge in [0.25, 0.3) is 5.91 Å². The summed E-state index contributed by atoms with van der Waals surface area (Å²) >= 11 is 0. The number of hydroxylamine groups is 2. The third-order valence-electron chi connectivity index (χ3n) is 5.07. The number of nitrogens with one attached hydrogen (secondary N) is 1. The molecule has 0 saturated heterocycles. The van der Waals surface area contributed by atoms with E-state index in [4.69, 9.17) is 15.3 Å². The lowest BCUT2D eigenvalue weighted by atomic mass is 10.1. The van der Waals surface area contributed by atoms with Crippen LogP contribution < -0.4 is 11.1 Å². The number of amidine groups is 1. The van der Waals surface area contributed by atoms with Crippen LogP contribution >= 0.6 is 0 Å². The van der Waals surface area contributed by atoms with Gasteiger partial charge in [-0.15, -0.1) is 0 Å². The van der Waals surface area contributed by atoms with Crippen molar-refractivity contribution >= 4 is 29.4 Å². The number of nitrogens with zero attached hydrogens (tertiary/aromatic N) is 5. The fraction of sp³-hybridized carbons (Fsp3) is 0.417. The number of ether oxygens (including phenoxy) is 1. The molecular formula is C24H31N7O4. The number of methoxy groups -OCH3 is 1. The molecule has 0 fully saturated rings. The van der Waals surface area contributed by atoms with Crippen LogP contribution in [0.2, 0.25) is 0 Å². The molecule has 11 heteroatoms. The number of amides is 2. The summed E-state index contributed by atoms with van der Waals surface area (Å²) in [6.45, 7) is 5.27. The molecule has 0 spiro atoms. The monoisotopic (exact) mass is 481 g/mol. The smallest absolute Gasteiger partial charge is 0.273 e. The summed E-state index contributed by atoms with van der Waals surface area (Å²) in [5.41, 5.74) is 9.20. The Hall–Kier alpha value is -3.70. The van der Waals surface area contributed by atoms with Crippen molar-refractivity contribution in [2.75, 3.05) is 26.9 Å². The molecule has 35 heavy (non-hydrogen) atoms. The van der Waals surface area contributed by atoms with Gasteiger partial charge >= 0.3 is 0 Å². The van der Waals surface area contributed by atoms with Gasteiger partial charge in [0.15, 0.2) is 0 Å². The van der Waals surface area contributed by atoms with Gasteiger partial charge in [-0.25, -0.2) is 20.0 Å². The van der Waals surface area contributed by atoms with E-state index < -0.39 is 0 Å². The van der Waals surface area contributed by atoms with E-state index in [2.05, 4.69) is 25.3 Å². The van der Waals surface area contributed by atoms with Gasteiger partial charge in [-0.2, -0.15) is 0 Å². The number of hydrogen-bond donors (Lipinski definition) is 2. The summed E-state index contributed by atoms with van der Waals surface area (Å²) in [4.78, 5) is 47.8. The highest BCUT2D eigenvalue weighted by molar-refractivity contribution is 6.05. The molecule has 0 radical (unpaired) electrons. The van der Waals surface area contributed by atoms with Gasteiger partial charge < -0.3 is 15.8 Å². The molecule has 0 bridgehead atoms. The fourth-order valence-corrected chi connectivity index (χ4v) is 3.37. The number of carbonyl (C=O) groups is 2. The van der Waals surface area contributed by atoms with Crippen molar-refractivity contribution < 1.29 is 19.2 Å². The predicted octanol–water partition coefficient (Wildman–Crippen LogP) is 2.16. The van der Waals surface area contributed by atoms with Crippen molar-refractivity contribution in [3.05, 3.63) is 41.6 Å². The Morgan fingerprint density at radius 1 is 1.17 bits per heavy atom. The average molecular weight is 482 g/mol. The summed E-state index contributed by atoms with van der Waals surface area (Å²) in [7, 11) is 1.55. The molecule has 1 aliphatic heterocycles. The maximum Gasteiger partial charge on any atom is 0.273 e. The van der Waals surface area contributed by atoms with Crippen LogP contribution in [-0.4, -0.2) is 64.5 Å². The summed E-state index contributed by atoms with van der Waals surface area (Å²) < 4.78 is 4.89.